The number of carbonyl (C=O) groups excluding carboxylic acids is 1. The van der Waals surface area contributed by atoms with E-state index in [0.29, 0.717) is 5.69 Å². The zero-order valence-electron chi connectivity index (χ0n) is 9.11. The van der Waals surface area contributed by atoms with E-state index >= 15 is 0 Å². The summed E-state index contributed by atoms with van der Waals surface area (Å²) in [5.74, 6) is -0.426. The van der Waals surface area contributed by atoms with E-state index < -0.39 is 11.5 Å². The predicted octanol–water partition coefficient (Wildman–Crippen LogP) is 0.172. The van der Waals surface area contributed by atoms with Crippen molar-refractivity contribution in [2.75, 3.05) is 0 Å². The Morgan fingerprint density at radius 3 is 2.60 bits per heavy atom. The lowest BCUT2D eigenvalue weighted by molar-refractivity contribution is -0.136. The van der Waals surface area contributed by atoms with E-state index in [2.05, 4.69) is 15.3 Å². The third-order valence-corrected chi connectivity index (χ3v) is 1.82. The standard InChI is InChI=1S/C10H15N3O2/c1-7-4-12-8(5-11-7)6-13-9(14)10(2,3)15/h4-5,15H,6H2,1-3H3,(H,13,14). The van der Waals surface area contributed by atoms with Gasteiger partial charge >= 0.3 is 0 Å². The minimum Gasteiger partial charge on any atom is -0.381 e. The SMILES string of the molecule is Cc1cnc(CNC(=O)C(C)(C)O)cn1. The van der Waals surface area contributed by atoms with E-state index in [1.807, 2.05) is 6.92 Å². The highest BCUT2D eigenvalue weighted by Crippen LogP contribution is 2.01. The van der Waals surface area contributed by atoms with Crippen molar-refractivity contribution in [2.45, 2.75) is 32.9 Å². The molecule has 82 valence electrons. The van der Waals surface area contributed by atoms with Crippen molar-refractivity contribution >= 4 is 5.91 Å². The van der Waals surface area contributed by atoms with Gasteiger partial charge in [0.15, 0.2) is 0 Å². The molecular weight excluding hydrogens is 194 g/mol. The van der Waals surface area contributed by atoms with E-state index in [9.17, 15) is 9.90 Å². The van der Waals surface area contributed by atoms with Crippen LogP contribution in [-0.4, -0.2) is 26.6 Å². The molecule has 0 atom stereocenters. The van der Waals surface area contributed by atoms with Gasteiger partial charge in [-0.3, -0.25) is 14.8 Å². The van der Waals surface area contributed by atoms with Crippen LogP contribution in [0.4, 0.5) is 0 Å². The van der Waals surface area contributed by atoms with Crippen molar-refractivity contribution in [3.8, 4) is 0 Å². The molecule has 2 N–H and O–H groups in total. The van der Waals surface area contributed by atoms with Gasteiger partial charge in [-0.05, 0) is 20.8 Å². The largest absolute Gasteiger partial charge is 0.381 e. The summed E-state index contributed by atoms with van der Waals surface area (Å²) in [6.45, 7) is 4.98. The van der Waals surface area contributed by atoms with Crippen molar-refractivity contribution in [1.29, 1.82) is 0 Å². The molecule has 5 heteroatoms. The molecular formula is C10H15N3O2. The number of aryl methyl sites for hydroxylation is 1. The number of carbonyl (C=O) groups is 1. The Hall–Kier alpha value is -1.49. The van der Waals surface area contributed by atoms with Crippen LogP contribution in [0.2, 0.25) is 0 Å². The quantitative estimate of drug-likeness (QED) is 0.744. The molecule has 1 amide bonds. The first-order valence-corrected chi connectivity index (χ1v) is 4.68. The van der Waals surface area contributed by atoms with Gasteiger partial charge in [-0.2, -0.15) is 0 Å². The van der Waals surface area contributed by atoms with Crippen LogP contribution in [0.1, 0.15) is 25.2 Å². The first kappa shape index (κ1) is 11.6. The number of nitrogens with one attached hydrogen (secondary N) is 1. The van der Waals surface area contributed by atoms with Gasteiger partial charge < -0.3 is 10.4 Å². The van der Waals surface area contributed by atoms with Gasteiger partial charge in [0.1, 0.15) is 5.60 Å². The lowest BCUT2D eigenvalue weighted by Gasteiger charge is -2.16. The topological polar surface area (TPSA) is 75.1 Å². The second-order valence-electron chi connectivity index (χ2n) is 3.89. The third-order valence-electron chi connectivity index (χ3n) is 1.82. The number of hydrogen-bond acceptors (Lipinski definition) is 4. The van der Waals surface area contributed by atoms with Crippen LogP contribution in [0.25, 0.3) is 0 Å². The molecule has 0 saturated heterocycles. The molecule has 0 aliphatic rings. The Kier molecular flexibility index (Phi) is 3.36. The molecule has 0 aliphatic heterocycles. The van der Waals surface area contributed by atoms with Crippen LogP contribution >= 0.6 is 0 Å². The van der Waals surface area contributed by atoms with E-state index in [4.69, 9.17) is 0 Å². The monoisotopic (exact) mass is 209 g/mol. The van der Waals surface area contributed by atoms with Crippen molar-refractivity contribution in [3.63, 3.8) is 0 Å². The number of nitrogens with zero attached hydrogens (tertiary/aromatic N) is 2. The van der Waals surface area contributed by atoms with Crippen LogP contribution in [0.5, 0.6) is 0 Å². The van der Waals surface area contributed by atoms with E-state index in [1.54, 1.807) is 12.4 Å². The summed E-state index contributed by atoms with van der Waals surface area (Å²) < 4.78 is 0. The molecule has 1 rings (SSSR count). The fraction of sp³-hybridized carbons (Fsp3) is 0.500. The Labute approximate surface area is 88.6 Å². The summed E-state index contributed by atoms with van der Waals surface area (Å²) >= 11 is 0. The molecule has 1 heterocycles. The Bertz CT molecular complexity index is 341. The number of aliphatic hydroxyl groups is 1. The zero-order valence-corrected chi connectivity index (χ0v) is 9.11. The smallest absolute Gasteiger partial charge is 0.251 e. The normalized spacial score (nSPS) is 11.2. The van der Waals surface area contributed by atoms with Gasteiger partial charge in [-0.15, -0.1) is 0 Å². The summed E-state index contributed by atoms with van der Waals surface area (Å²) in [6.07, 6.45) is 3.23. The molecule has 1 aromatic rings. The maximum atomic E-state index is 11.3. The molecule has 0 unspecified atom stereocenters. The minimum absolute atomic E-state index is 0.274. The zero-order chi connectivity index (χ0) is 11.5. The van der Waals surface area contributed by atoms with E-state index in [1.165, 1.54) is 13.8 Å². The van der Waals surface area contributed by atoms with Gasteiger partial charge in [0.05, 0.1) is 24.1 Å². The molecule has 5 nitrogen and oxygen atoms in total. The maximum absolute atomic E-state index is 11.3. The highest BCUT2D eigenvalue weighted by Gasteiger charge is 2.22. The molecule has 0 aliphatic carbocycles. The van der Waals surface area contributed by atoms with Crippen LogP contribution < -0.4 is 5.32 Å². The second kappa shape index (κ2) is 4.35. The van der Waals surface area contributed by atoms with Gasteiger partial charge in [-0.1, -0.05) is 0 Å². The number of rotatable bonds is 3. The molecule has 0 bridgehead atoms. The second-order valence-corrected chi connectivity index (χ2v) is 3.89. The number of aromatic nitrogens is 2. The summed E-state index contributed by atoms with van der Waals surface area (Å²) in [5, 5.41) is 11.9. The fourth-order valence-corrected chi connectivity index (χ4v) is 0.898. The predicted molar refractivity (Wildman–Crippen MR) is 54.9 cm³/mol. The molecule has 0 aromatic carbocycles. The Balaban J connectivity index is 2.51. The van der Waals surface area contributed by atoms with Crippen molar-refractivity contribution in [3.05, 3.63) is 23.8 Å². The first-order chi connectivity index (χ1) is 6.89. The van der Waals surface area contributed by atoms with E-state index in [-0.39, 0.29) is 6.54 Å². The summed E-state index contributed by atoms with van der Waals surface area (Å²) in [4.78, 5) is 19.4. The van der Waals surface area contributed by atoms with Crippen molar-refractivity contribution in [1.82, 2.24) is 15.3 Å². The van der Waals surface area contributed by atoms with Crippen molar-refractivity contribution < 1.29 is 9.90 Å². The average molecular weight is 209 g/mol. The maximum Gasteiger partial charge on any atom is 0.251 e. The van der Waals surface area contributed by atoms with Gasteiger partial charge in [-0.25, -0.2) is 0 Å². The minimum atomic E-state index is -1.36. The Morgan fingerprint density at radius 2 is 2.13 bits per heavy atom. The van der Waals surface area contributed by atoms with Gasteiger partial charge in [0.2, 0.25) is 0 Å². The summed E-state index contributed by atoms with van der Waals surface area (Å²) in [7, 11) is 0. The summed E-state index contributed by atoms with van der Waals surface area (Å²) in [5.41, 5.74) is 0.128. The molecule has 0 spiro atoms. The molecule has 1 aromatic heterocycles. The number of amides is 1. The van der Waals surface area contributed by atoms with E-state index in [0.717, 1.165) is 5.69 Å². The first-order valence-electron chi connectivity index (χ1n) is 4.68. The highest BCUT2D eigenvalue weighted by atomic mass is 16.3. The van der Waals surface area contributed by atoms with Crippen LogP contribution in [-0.2, 0) is 11.3 Å². The van der Waals surface area contributed by atoms with Crippen molar-refractivity contribution in [2.24, 2.45) is 0 Å². The lowest BCUT2D eigenvalue weighted by Crippen LogP contribution is -2.41. The molecule has 0 fully saturated rings. The molecule has 0 saturated carbocycles. The third kappa shape index (κ3) is 3.63. The van der Waals surface area contributed by atoms with Gasteiger partial charge in [0.25, 0.3) is 5.91 Å². The van der Waals surface area contributed by atoms with Crippen LogP contribution in [0, 0.1) is 6.92 Å². The highest BCUT2D eigenvalue weighted by molar-refractivity contribution is 5.83. The fourth-order valence-electron chi connectivity index (χ4n) is 0.898. The molecule has 15 heavy (non-hydrogen) atoms. The average Bonchev–Trinajstić information content (AvgIpc) is 2.15. The lowest BCUT2D eigenvalue weighted by atomic mass is 10.1. The van der Waals surface area contributed by atoms with Crippen LogP contribution in [0.15, 0.2) is 12.4 Å². The molecule has 0 radical (unpaired) electrons. The van der Waals surface area contributed by atoms with Crippen LogP contribution in [0.3, 0.4) is 0 Å². The Morgan fingerprint density at radius 1 is 1.47 bits per heavy atom. The summed E-state index contributed by atoms with van der Waals surface area (Å²) in [6, 6.07) is 0. The number of hydrogen-bond donors (Lipinski definition) is 2. The van der Waals surface area contributed by atoms with Gasteiger partial charge in [0, 0.05) is 6.20 Å².